The number of nitrogens with one attached hydrogen (secondary N) is 2. The van der Waals surface area contributed by atoms with Crippen LogP contribution in [0.1, 0.15) is 17.3 Å². The molecular weight excluding hydrogens is 935 g/mol. The van der Waals surface area contributed by atoms with Crippen LogP contribution in [0.15, 0.2) is 30.3 Å². The average molecular weight is 948 g/mol. The standard InChI is InChI=1S/C41H12F15N9O2/c1-2-67-41(66)8-3-5-9(6-4-8)57-32-18-15(23(47)30(54)31(32)55)36-59-33-10-7-11(42)19(43)20(44)12(10)34(58-33)63-39-16-17(25(49)29(53)28(52)24(16)48)40(65(39)56)64-37-14-13(35(60-37)61-38(18)62-36)21(45)26(50)27(51)22(14)46/h3-7,57H,2H2,1H3,(H,58,59,60,61,62,63,64). The zero-order valence-electron chi connectivity index (χ0n) is 32.2. The van der Waals surface area contributed by atoms with Crippen molar-refractivity contribution in [1.82, 2.24) is 39.7 Å². The van der Waals surface area contributed by atoms with Gasteiger partial charge in [0.1, 0.15) is 11.3 Å². The molecule has 67 heavy (non-hydrogen) atoms. The molecular formula is C41H12F15N9O2. The summed E-state index contributed by atoms with van der Waals surface area (Å²) in [6, 6.07) is 4.77. The Bertz CT molecular complexity index is 3790. The molecule has 2 aliphatic heterocycles. The van der Waals surface area contributed by atoms with Gasteiger partial charge in [0.25, 0.3) is 0 Å². The van der Waals surface area contributed by atoms with Crippen LogP contribution in [0.25, 0.3) is 89.7 Å². The van der Waals surface area contributed by atoms with Gasteiger partial charge in [0.2, 0.25) is 0 Å². The summed E-state index contributed by atoms with van der Waals surface area (Å²) in [4.78, 5) is 35.9. The number of carbonyl (C=O) groups is 1. The number of ether oxygens (including phenoxy) is 1. The first-order chi connectivity index (χ1) is 31.8. The molecule has 0 saturated heterocycles. The van der Waals surface area contributed by atoms with Gasteiger partial charge in [-0.3, -0.25) is 0 Å². The van der Waals surface area contributed by atoms with E-state index in [1.54, 1.807) is 0 Å². The van der Waals surface area contributed by atoms with Crippen molar-refractivity contribution < 1.29 is 75.5 Å². The van der Waals surface area contributed by atoms with Crippen molar-refractivity contribution in [2.24, 2.45) is 0 Å². The third kappa shape index (κ3) is 6.00. The fourth-order valence-corrected chi connectivity index (χ4v) is 7.45. The monoisotopic (exact) mass is 947 g/mol. The molecule has 0 radical (unpaired) electrons. The molecule has 8 bridgehead atoms. The molecule has 8 aromatic rings. The Morgan fingerprint density at radius 3 is 1.58 bits per heavy atom. The number of anilines is 2. The lowest BCUT2D eigenvalue weighted by atomic mass is 10.1. The molecule has 11 nitrogen and oxygen atoms in total. The number of rotatable bonds is 4. The summed E-state index contributed by atoms with van der Waals surface area (Å²) in [5, 5.41) is -3.09. The van der Waals surface area contributed by atoms with Gasteiger partial charge >= 0.3 is 5.97 Å². The lowest BCUT2D eigenvalue weighted by Crippen LogP contribution is -2.05. The number of carbonyl (C=O) groups excluding carboxylic acids is 1. The minimum Gasteiger partial charge on any atom is -0.462 e. The van der Waals surface area contributed by atoms with Crippen LogP contribution in [0, 0.1) is 81.4 Å². The van der Waals surface area contributed by atoms with E-state index in [4.69, 9.17) is 4.74 Å². The maximum atomic E-state index is 16.6. The highest BCUT2D eigenvalue weighted by Crippen LogP contribution is 2.45. The second kappa shape index (κ2) is 14.9. The second-order valence-corrected chi connectivity index (χ2v) is 14.1. The van der Waals surface area contributed by atoms with Gasteiger partial charge in [-0.2, -0.15) is 0 Å². The Morgan fingerprint density at radius 1 is 0.537 bits per heavy atom. The molecule has 5 heterocycles. The summed E-state index contributed by atoms with van der Waals surface area (Å²) < 4.78 is 238. The number of H-pyrrole nitrogens is 1. The first kappa shape index (κ1) is 42.6. The maximum Gasteiger partial charge on any atom is 0.338 e. The number of esters is 1. The molecule has 0 amide bonds. The Morgan fingerprint density at radius 2 is 1.00 bits per heavy atom. The zero-order chi connectivity index (χ0) is 47.8. The van der Waals surface area contributed by atoms with Crippen LogP contribution in [-0.2, 0) is 4.74 Å². The van der Waals surface area contributed by atoms with Gasteiger partial charge in [-0.05, 0) is 37.3 Å². The first-order valence-corrected chi connectivity index (χ1v) is 18.5. The number of nitrogens with zero attached hydrogens (tertiary/aromatic N) is 7. The summed E-state index contributed by atoms with van der Waals surface area (Å²) in [7, 11) is 0. The highest BCUT2D eigenvalue weighted by molar-refractivity contribution is 6.13. The number of aromatic nitrogens is 8. The minimum atomic E-state index is -2.63. The van der Waals surface area contributed by atoms with Gasteiger partial charge in [0, 0.05) is 11.3 Å². The molecule has 0 aliphatic carbocycles. The number of hydrogen-bond donors (Lipinski definition) is 2. The topological polar surface area (TPSA) is 136 Å². The number of fused-ring (bicyclic) bond motifs is 20. The normalized spacial score (nSPS) is 12.0. The van der Waals surface area contributed by atoms with Crippen molar-refractivity contribution >= 4 is 61.5 Å². The van der Waals surface area contributed by atoms with E-state index in [2.05, 4.69) is 40.2 Å². The number of halogens is 15. The SMILES string of the molecule is CCOC(=O)c1ccc(Nc2c(F)c(F)c(F)c3c4nc5nc(nc6c7c(F)c(F)c(F)c(F)c7c(nc7nc(nc([nH]4)c23)-c2c(F)c(F)c(F)c(F)c2-7)n6F)-c2c-5cc(F)c(F)c2F)cc1. The van der Waals surface area contributed by atoms with Crippen LogP contribution in [0.4, 0.5) is 77.3 Å². The van der Waals surface area contributed by atoms with Gasteiger partial charge in [-0.1, -0.05) is 4.48 Å². The molecule has 0 atom stereocenters. The van der Waals surface area contributed by atoms with Gasteiger partial charge < -0.3 is 15.0 Å². The van der Waals surface area contributed by atoms with Crippen LogP contribution in [0.2, 0.25) is 0 Å². The predicted molar refractivity (Wildman–Crippen MR) is 201 cm³/mol. The van der Waals surface area contributed by atoms with Gasteiger partial charge in [0.05, 0.1) is 56.1 Å². The van der Waals surface area contributed by atoms with Crippen molar-refractivity contribution in [3.8, 4) is 45.6 Å². The van der Waals surface area contributed by atoms with E-state index in [9.17, 15) is 31.1 Å². The van der Waals surface area contributed by atoms with Gasteiger partial charge in [-0.15, -0.1) is 4.79 Å². The van der Waals surface area contributed by atoms with Crippen LogP contribution >= 0.6 is 0 Å². The van der Waals surface area contributed by atoms with E-state index < -0.39 is 188 Å². The van der Waals surface area contributed by atoms with Crippen LogP contribution in [0.3, 0.4) is 0 Å². The third-order valence-corrected chi connectivity index (χ3v) is 10.4. The highest BCUT2D eigenvalue weighted by atomic mass is 19.2. The van der Waals surface area contributed by atoms with E-state index >= 15 is 39.6 Å². The number of benzene rings is 5. The van der Waals surface area contributed by atoms with E-state index in [1.807, 2.05) is 0 Å². The van der Waals surface area contributed by atoms with Crippen molar-refractivity contribution in [3.63, 3.8) is 0 Å². The maximum absolute atomic E-state index is 16.6. The molecule has 10 rings (SSSR count). The van der Waals surface area contributed by atoms with Gasteiger partial charge in [0.15, 0.2) is 116 Å². The highest BCUT2D eigenvalue weighted by Gasteiger charge is 2.37. The summed E-state index contributed by atoms with van der Waals surface area (Å²) in [5.41, 5.74) is -12.2. The molecule has 5 aromatic carbocycles. The quantitative estimate of drug-likeness (QED) is 0.0765. The van der Waals surface area contributed by atoms with Crippen molar-refractivity contribution in [2.45, 2.75) is 6.92 Å². The number of hydrogen-bond acceptors (Lipinski definition) is 9. The van der Waals surface area contributed by atoms with Gasteiger partial charge in [-0.25, -0.2) is 96.2 Å². The van der Waals surface area contributed by atoms with Crippen LogP contribution in [-0.4, -0.2) is 52.3 Å². The van der Waals surface area contributed by atoms with E-state index in [0.717, 1.165) is 24.3 Å². The predicted octanol–water partition coefficient (Wildman–Crippen LogP) is 10.9. The molecule has 0 fully saturated rings. The van der Waals surface area contributed by atoms with Crippen molar-refractivity contribution in [3.05, 3.63) is 117 Å². The Labute approximate surface area is 358 Å². The fourth-order valence-electron chi connectivity index (χ4n) is 7.45. The van der Waals surface area contributed by atoms with E-state index in [-0.39, 0.29) is 23.9 Å². The van der Waals surface area contributed by atoms with E-state index in [1.165, 1.54) is 6.92 Å². The molecule has 2 aliphatic rings. The summed E-state index contributed by atoms with van der Waals surface area (Å²) in [6.45, 7) is 1.48. The molecule has 0 saturated carbocycles. The first-order valence-electron chi connectivity index (χ1n) is 18.5. The Kier molecular flexibility index (Phi) is 9.45. The second-order valence-electron chi connectivity index (χ2n) is 14.1. The van der Waals surface area contributed by atoms with Crippen molar-refractivity contribution in [1.29, 1.82) is 0 Å². The fraction of sp³-hybridized carbons (Fsp3) is 0.0488. The lowest BCUT2D eigenvalue weighted by Gasteiger charge is -2.11. The van der Waals surface area contributed by atoms with Crippen LogP contribution < -0.4 is 5.32 Å². The number of aromatic amines is 1. The largest absolute Gasteiger partial charge is 0.462 e. The molecule has 0 unspecified atom stereocenters. The molecule has 0 spiro atoms. The Hall–Kier alpha value is -8.32. The lowest BCUT2D eigenvalue weighted by molar-refractivity contribution is 0.0526. The zero-order valence-corrected chi connectivity index (χ0v) is 32.2. The molecule has 3 aromatic heterocycles. The minimum absolute atomic E-state index is 0.0287. The van der Waals surface area contributed by atoms with Crippen molar-refractivity contribution in [2.75, 3.05) is 11.9 Å². The third-order valence-electron chi connectivity index (χ3n) is 10.4. The smallest absolute Gasteiger partial charge is 0.338 e. The Balaban J connectivity index is 1.44. The summed E-state index contributed by atoms with van der Waals surface area (Å²) >= 11 is 0. The van der Waals surface area contributed by atoms with E-state index in [0.29, 0.717) is 0 Å². The molecule has 2 N–H and O–H groups in total. The van der Waals surface area contributed by atoms with Crippen LogP contribution in [0.5, 0.6) is 0 Å². The summed E-state index contributed by atoms with van der Waals surface area (Å²) in [5.74, 6) is -38.8. The average Bonchev–Trinajstić information content (AvgIpc) is 4.03. The molecule has 338 valence electrons. The summed E-state index contributed by atoms with van der Waals surface area (Å²) in [6.07, 6.45) is 0. The molecule has 26 heteroatoms.